The largest absolute Gasteiger partial charge is 0.434 e. The molecule has 4 nitrogen and oxygen atoms in total. The molecule has 2 aromatic heterocycles. The van der Waals surface area contributed by atoms with E-state index in [9.17, 15) is 18.4 Å². The highest BCUT2D eigenvalue weighted by Crippen LogP contribution is 2.41. The van der Waals surface area contributed by atoms with Crippen molar-refractivity contribution < 1.29 is 13.2 Å². The van der Waals surface area contributed by atoms with Gasteiger partial charge < -0.3 is 0 Å². The number of pyridine rings is 1. The maximum atomic E-state index is 13.1. The van der Waals surface area contributed by atoms with Gasteiger partial charge in [0.15, 0.2) is 5.69 Å². The Morgan fingerprint density at radius 2 is 1.82 bits per heavy atom. The van der Waals surface area contributed by atoms with Crippen LogP contribution in [0.15, 0.2) is 42.6 Å². The van der Waals surface area contributed by atoms with Crippen molar-refractivity contribution in [2.24, 2.45) is 0 Å². The molecular weight excluding hydrogens is 365 g/mol. The van der Waals surface area contributed by atoms with Crippen LogP contribution in [0, 0.1) is 11.3 Å². The average molecular weight is 382 g/mol. The molecule has 1 aromatic carbocycles. The molecule has 1 N–H and O–H groups in total. The number of aromatic amines is 1. The molecule has 7 heteroatoms. The maximum Gasteiger partial charge on any atom is 0.434 e. The van der Waals surface area contributed by atoms with E-state index in [1.165, 1.54) is 0 Å². The molecule has 28 heavy (non-hydrogen) atoms. The minimum Gasteiger partial charge on any atom is -0.272 e. The topological polar surface area (TPSA) is 65.4 Å². The highest BCUT2D eigenvalue weighted by atomic mass is 19.4. The number of H-pyrrole nitrogens is 1. The van der Waals surface area contributed by atoms with Crippen molar-refractivity contribution in [3.05, 3.63) is 59.4 Å². The molecule has 0 amide bonds. The molecule has 1 fully saturated rings. The predicted octanol–water partition coefficient (Wildman–Crippen LogP) is 5.69. The lowest BCUT2D eigenvalue weighted by Gasteiger charge is -2.16. The molecule has 1 saturated carbocycles. The number of nitrogens with one attached hydrogen (secondary N) is 1. The van der Waals surface area contributed by atoms with Crippen molar-refractivity contribution >= 4 is 0 Å². The Bertz CT molecular complexity index is 1030. The van der Waals surface area contributed by atoms with Gasteiger partial charge in [-0.25, -0.2) is 0 Å². The molecular formula is C21H17F3N4. The van der Waals surface area contributed by atoms with Crippen molar-refractivity contribution in [3.8, 4) is 28.6 Å². The Labute approximate surface area is 160 Å². The molecule has 0 bridgehead atoms. The zero-order valence-electron chi connectivity index (χ0n) is 14.9. The van der Waals surface area contributed by atoms with Gasteiger partial charge in [-0.05, 0) is 36.0 Å². The summed E-state index contributed by atoms with van der Waals surface area (Å²) in [4.78, 5) is 4.36. The van der Waals surface area contributed by atoms with E-state index < -0.39 is 17.4 Å². The fourth-order valence-electron chi connectivity index (χ4n) is 3.88. The summed E-state index contributed by atoms with van der Waals surface area (Å²) in [7, 11) is 0. The molecule has 0 saturated heterocycles. The number of alkyl halides is 3. The Kier molecular flexibility index (Phi) is 4.63. The highest BCUT2D eigenvalue weighted by Gasteiger charge is 2.38. The first-order chi connectivity index (χ1) is 13.5. The number of rotatable bonds is 3. The second-order valence-corrected chi connectivity index (χ2v) is 6.94. The van der Waals surface area contributed by atoms with Crippen molar-refractivity contribution in [1.29, 1.82) is 5.26 Å². The molecule has 0 unspecified atom stereocenters. The van der Waals surface area contributed by atoms with E-state index in [-0.39, 0.29) is 11.4 Å². The molecule has 0 spiro atoms. The van der Waals surface area contributed by atoms with Crippen LogP contribution in [0.25, 0.3) is 22.5 Å². The molecule has 0 radical (unpaired) electrons. The lowest BCUT2D eigenvalue weighted by Crippen LogP contribution is -2.07. The summed E-state index contributed by atoms with van der Waals surface area (Å²) < 4.78 is 39.4. The monoisotopic (exact) mass is 382 g/mol. The zero-order valence-corrected chi connectivity index (χ0v) is 14.9. The first-order valence-corrected chi connectivity index (χ1v) is 9.10. The van der Waals surface area contributed by atoms with Gasteiger partial charge in [-0.3, -0.25) is 10.1 Å². The van der Waals surface area contributed by atoms with Crippen LogP contribution in [-0.2, 0) is 6.18 Å². The molecule has 0 atom stereocenters. The lowest BCUT2D eigenvalue weighted by atomic mass is 9.90. The first-order valence-electron chi connectivity index (χ1n) is 9.10. The highest BCUT2D eigenvalue weighted by molar-refractivity contribution is 5.72. The van der Waals surface area contributed by atoms with Crippen LogP contribution < -0.4 is 0 Å². The van der Waals surface area contributed by atoms with Crippen molar-refractivity contribution in [2.75, 3.05) is 0 Å². The SMILES string of the molecule is N#Cc1c(-c2cc(C3CCCC3)c(-c3ccccc3)cn2)n[nH]c1C(F)(F)F. The van der Waals surface area contributed by atoms with E-state index in [4.69, 9.17) is 0 Å². The van der Waals surface area contributed by atoms with Gasteiger partial charge in [-0.15, -0.1) is 0 Å². The molecule has 1 aliphatic rings. The summed E-state index contributed by atoms with van der Waals surface area (Å²) in [6, 6.07) is 13.2. The van der Waals surface area contributed by atoms with Gasteiger partial charge in [-0.1, -0.05) is 43.2 Å². The number of nitriles is 1. The second-order valence-electron chi connectivity index (χ2n) is 6.94. The number of aromatic nitrogens is 3. The van der Waals surface area contributed by atoms with Crippen LogP contribution in [0.3, 0.4) is 0 Å². The van der Waals surface area contributed by atoms with Gasteiger partial charge in [0.2, 0.25) is 0 Å². The minimum absolute atomic E-state index is 0.0614. The predicted molar refractivity (Wildman–Crippen MR) is 98.2 cm³/mol. The van der Waals surface area contributed by atoms with Gasteiger partial charge >= 0.3 is 6.18 Å². The molecule has 1 aliphatic carbocycles. The van der Waals surface area contributed by atoms with Crippen LogP contribution in [0.4, 0.5) is 13.2 Å². The fourth-order valence-corrected chi connectivity index (χ4v) is 3.88. The van der Waals surface area contributed by atoms with Crippen LogP contribution in [0.2, 0.25) is 0 Å². The summed E-state index contributed by atoms with van der Waals surface area (Å²) in [5.74, 6) is 0.323. The summed E-state index contributed by atoms with van der Waals surface area (Å²) >= 11 is 0. The maximum absolute atomic E-state index is 13.1. The normalized spacial score (nSPS) is 14.9. The first kappa shape index (κ1) is 18.2. The molecule has 142 valence electrons. The van der Waals surface area contributed by atoms with E-state index in [1.54, 1.807) is 18.3 Å². The Hall–Kier alpha value is -3.14. The summed E-state index contributed by atoms with van der Waals surface area (Å²) in [5, 5.41) is 15.0. The zero-order chi connectivity index (χ0) is 19.7. The molecule has 2 heterocycles. The van der Waals surface area contributed by atoms with Gasteiger partial charge in [-0.2, -0.15) is 23.5 Å². The van der Waals surface area contributed by atoms with Crippen LogP contribution in [0.1, 0.15) is 48.4 Å². The van der Waals surface area contributed by atoms with Crippen molar-refractivity contribution in [1.82, 2.24) is 15.2 Å². The van der Waals surface area contributed by atoms with E-state index in [0.29, 0.717) is 5.92 Å². The number of benzene rings is 1. The lowest BCUT2D eigenvalue weighted by molar-refractivity contribution is -0.141. The second kappa shape index (κ2) is 7.12. The van der Waals surface area contributed by atoms with Gasteiger partial charge in [0.1, 0.15) is 17.3 Å². The standard InChI is InChI=1S/C21H17F3N4/c22-21(23,24)20-16(11-25)19(27-28-20)18-10-15(13-8-4-5-9-13)17(12-26-18)14-6-2-1-3-7-14/h1-3,6-7,10,12-13H,4-5,8-9H2,(H,27,28). The van der Waals surface area contributed by atoms with Crippen molar-refractivity contribution in [3.63, 3.8) is 0 Å². The van der Waals surface area contributed by atoms with Crippen LogP contribution >= 0.6 is 0 Å². The molecule has 4 rings (SSSR count). The molecule has 3 aromatic rings. The number of hydrogen-bond acceptors (Lipinski definition) is 3. The summed E-state index contributed by atoms with van der Waals surface area (Å²) in [6.07, 6.45) is 1.32. The number of halogens is 3. The van der Waals surface area contributed by atoms with E-state index in [0.717, 1.165) is 42.4 Å². The number of nitrogens with zero attached hydrogens (tertiary/aromatic N) is 3. The van der Waals surface area contributed by atoms with E-state index >= 15 is 0 Å². The van der Waals surface area contributed by atoms with Crippen LogP contribution in [-0.4, -0.2) is 15.2 Å². The Morgan fingerprint density at radius 3 is 2.46 bits per heavy atom. The Balaban J connectivity index is 1.86. The summed E-state index contributed by atoms with van der Waals surface area (Å²) in [6.45, 7) is 0. The summed E-state index contributed by atoms with van der Waals surface area (Å²) in [5.41, 5.74) is 1.60. The Morgan fingerprint density at radius 1 is 1.11 bits per heavy atom. The van der Waals surface area contributed by atoms with Gasteiger partial charge in [0.25, 0.3) is 0 Å². The van der Waals surface area contributed by atoms with E-state index in [1.807, 2.05) is 35.4 Å². The number of hydrogen-bond donors (Lipinski definition) is 1. The average Bonchev–Trinajstić information content (AvgIpc) is 3.37. The third-order valence-corrected chi connectivity index (χ3v) is 5.22. The van der Waals surface area contributed by atoms with Gasteiger partial charge in [0, 0.05) is 11.8 Å². The van der Waals surface area contributed by atoms with Gasteiger partial charge in [0.05, 0.1) is 5.69 Å². The quantitative estimate of drug-likeness (QED) is 0.633. The third kappa shape index (κ3) is 3.26. The van der Waals surface area contributed by atoms with Crippen molar-refractivity contribution in [2.45, 2.75) is 37.8 Å². The third-order valence-electron chi connectivity index (χ3n) is 5.22. The van der Waals surface area contributed by atoms with Crippen LogP contribution in [0.5, 0.6) is 0 Å². The van der Waals surface area contributed by atoms with E-state index in [2.05, 4.69) is 10.1 Å². The minimum atomic E-state index is -4.67. The molecule has 0 aliphatic heterocycles. The fraction of sp³-hybridized carbons (Fsp3) is 0.286. The smallest absolute Gasteiger partial charge is 0.272 e.